The van der Waals surface area contributed by atoms with E-state index in [1.54, 1.807) is 36.2 Å². The molecule has 0 aliphatic rings. The van der Waals surface area contributed by atoms with Gasteiger partial charge in [-0.3, -0.25) is 0 Å². The summed E-state index contributed by atoms with van der Waals surface area (Å²) >= 11 is 12.2. The molecular formula is C23H18Cl2N2O3S. The van der Waals surface area contributed by atoms with Crippen LogP contribution in [0.3, 0.4) is 0 Å². The van der Waals surface area contributed by atoms with Gasteiger partial charge in [-0.2, -0.15) is 4.98 Å². The molecule has 0 bridgehead atoms. The first-order valence-corrected chi connectivity index (χ1v) is 11.6. The van der Waals surface area contributed by atoms with Gasteiger partial charge in [0.05, 0.1) is 15.5 Å². The average Bonchev–Trinajstić information content (AvgIpc) is 3.21. The number of benzene rings is 3. The van der Waals surface area contributed by atoms with Crippen molar-refractivity contribution in [3.05, 3.63) is 94.5 Å². The monoisotopic (exact) mass is 472 g/mol. The minimum absolute atomic E-state index is 0.0743. The summed E-state index contributed by atoms with van der Waals surface area (Å²) in [5, 5.41) is 0.678. The molecule has 0 N–H and O–H groups in total. The summed E-state index contributed by atoms with van der Waals surface area (Å²) in [7, 11) is -2.22. The highest BCUT2D eigenvalue weighted by atomic mass is 35.5. The van der Waals surface area contributed by atoms with Crippen LogP contribution in [-0.4, -0.2) is 20.4 Å². The fourth-order valence-corrected chi connectivity index (χ4v) is 4.81. The van der Waals surface area contributed by atoms with E-state index in [-0.39, 0.29) is 21.7 Å². The van der Waals surface area contributed by atoms with Gasteiger partial charge < -0.3 is 9.32 Å². The highest BCUT2D eigenvalue weighted by Gasteiger charge is 2.31. The first-order valence-electron chi connectivity index (χ1n) is 9.38. The van der Waals surface area contributed by atoms with Crippen molar-refractivity contribution in [1.82, 2.24) is 4.98 Å². The second-order valence-electron chi connectivity index (χ2n) is 6.91. The van der Waals surface area contributed by atoms with Gasteiger partial charge in [0.2, 0.25) is 26.6 Å². The molecule has 0 aliphatic carbocycles. The Bertz CT molecular complexity index is 1300. The van der Waals surface area contributed by atoms with Gasteiger partial charge in [0, 0.05) is 18.6 Å². The molecule has 158 valence electrons. The molecule has 8 heteroatoms. The maximum Gasteiger partial charge on any atom is 0.236 e. The van der Waals surface area contributed by atoms with Gasteiger partial charge in [-0.1, -0.05) is 65.7 Å². The summed E-state index contributed by atoms with van der Waals surface area (Å²) in [5.41, 5.74) is 1.51. The Labute approximate surface area is 190 Å². The van der Waals surface area contributed by atoms with Crippen molar-refractivity contribution >= 4 is 38.9 Å². The van der Waals surface area contributed by atoms with Gasteiger partial charge in [0.15, 0.2) is 0 Å². The summed E-state index contributed by atoms with van der Waals surface area (Å²) in [4.78, 5) is 6.15. The predicted octanol–water partition coefficient (Wildman–Crippen LogP) is 6.12. The predicted molar refractivity (Wildman–Crippen MR) is 122 cm³/mol. The van der Waals surface area contributed by atoms with Gasteiger partial charge >= 0.3 is 0 Å². The molecule has 0 spiro atoms. The van der Waals surface area contributed by atoms with Crippen molar-refractivity contribution in [2.24, 2.45) is 0 Å². The largest absolute Gasteiger partial charge is 0.419 e. The van der Waals surface area contributed by atoms with Crippen LogP contribution >= 0.6 is 23.2 Å². The molecule has 0 unspecified atom stereocenters. The number of oxazole rings is 1. The van der Waals surface area contributed by atoms with E-state index in [0.29, 0.717) is 22.2 Å². The molecule has 4 aromatic rings. The second-order valence-corrected chi connectivity index (χ2v) is 9.62. The highest BCUT2D eigenvalue weighted by molar-refractivity contribution is 7.91. The molecule has 5 nitrogen and oxygen atoms in total. The summed E-state index contributed by atoms with van der Waals surface area (Å²) < 4.78 is 32.8. The SMILES string of the molecule is CN(Cc1ccccc1)c1oc(-c2ccccc2Cl)nc1S(=O)(=O)c1ccc(Cl)cc1. The molecule has 0 saturated heterocycles. The van der Waals surface area contributed by atoms with E-state index >= 15 is 0 Å². The minimum atomic E-state index is -3.97. The number of anilines is 1. The summed E-state index contributed by atoms with van der Waals surface area (Å²) in [6.45, 7) is 0.432. The Morgan fingerprint density at radius 3 is 2.23 bits per heavy atom. The third-order valence-electron chi connectivity index (χ3n) is 4.67. The molecule has 0 radical (unpaired) electrons. The molecular weight excluding hydrogens is 455 g/mol. The molecule has 0 saturated carbocycles. The third-order valence-corrected chi connectivity index (χ3v) is 6.92. The van der Waals surface area contributed by atoms with Gasteiger partial charge in [0.25, 0.3) is 0 Å². The molecule has 4 rings (SSSR count). The van der Waals surface area contributed by atoms with Crippen LogP contribution < -0.4 is 4.90 Å². The van der Waals surface area contributed by atoms with Crippen LogP contribution in [0.2, 0.25) is 10.0 Å². The van der Waals surface area contributed by atoms with Crippen LogP contribution in [0.4, 0.5) is 5.88 Å². The molecule has 0 amide bonds. The first-order chi connectivity index (χ1) is 14.9. The Hall–Kier alpha value is -2.80. The Balaban J connectivity index is 1.84. The summed E-state index contributed by atoms with van der Waals surface area (Å²) in [5.74, 6) is 0.266. The van der Waals surface area contributed by atoms with Gasteiger partial charge in [-0.15, -0.1) is 0 Å². The smallest absolute Gasteiger partial charge is 0.236 e. The van der Waals surface area contributed by atoms with Crippen LogP contribution in [0.5, 0.6) is 0 Å². The Morgan fingerprint density at radius 2 is 1.55 bits per heavy atom. The first kappa shape index (κ1) is 21.4. The second kappa shape index (κ2) is 8.75. The molecule has 1 heterocycles. The van der Waals surface area contributed by atoms with Crippen LogP contribution in [0, 0.1) is 0 Å². The lowest BCUT2D eigenvalue weighted by molar-refractivity contribution is 0.554. The number of halogens is 2. The summed E-state index contributed by atoms with van der Waals surface area (Å²) in [6.07, 6.45) is 0. The van der Waals surface area contributed by atoms with Crippen molar-refractivity contribution in [3.63, 3.8) is 0 Å². The van der Waals surface area contributed by atoms with Gasteiger partial charge in [0.1, 0.15) is 0 Å². The lowest BCUT2D eigenvalue weighted by atomic mass is 10.2. The fourth-order valence-electron chi connectivity index (χ4n) is 3.12. The van der Waals surface area contributed by atoms with Crippen molar-refractivity contribution < 1.29 is 12.8 Å². The molecule has 0 fully saturated rings. The zero-order valence-electron chi connectivity index (χ0n) is 16.5. The molecule has 1 aromatic heterocycles. The maximum absolute atomic E-state index is 13.4. The Morgan fingerprint density at radius 1 is 0.903 bits per heavy atom. The normalized spacial score (nSPS) is 11.5. The fraction of sp³-hybridized carbons (Fsp3) is 0.0870. The lowest BCUT2D eigenvalue weighted by Crippen LogP contribution is -2.18. The van der Waals surface area contributed by atoms with Crippen molar-refractivity contribution in [2.75, 3.05) is 11.9 Å². The summed E-state index contributed by atoms with van der Waals surface area (Å²) in [6, 6.07) is 22.6. The van der Waals surface area contributed by atoms with E-state index in [9.17, 15) is 8.42 Å². The molecule has 31 heavy (non-hydrogen) atoms. The van der Waals surface area contributed by atoms with Crippen LogP contribution in [0.25, 0.3) is 11.5 Å². The van der Waals surface area contributed by atoms with Crippen molar-refractivity contribution in [1.29, 1.82) is 0 Å². The number of hydrogen-bond donors (Lipinski definition) is 0. The molecule has 0 aliphatic heterocycles. The van der Waals surface area contributed by atoms with E-state index in [0.717, 1.165) is 5.56 Å². The van der Waals surface area contributed by atoms with E-state index < -0.39 is 9.84 Å². The topological polar surface area (TPSA) is 63.4 Å². The van der Waals surface area contributed by atoms with Crippen LogP contribution in [0.15, 0.2) is 93.2 Å². The standard InChI is InChI=1S/C23H18Cl2N2O3S/c1-27(15-16-7-3-2-4-8-16)23-22(31(28,29)18-13-11-17(24)12-14-18)26-21(30-23)19-9-5-6-10-20(19)25/h2-14H,15H2,1H3. The van der Waals surface area contributed by atoms with Crippen LogP contribution in [0.1, 0.15) is 5.56 Å². The van der Waals surface area contributed by atoms with E-state index in [2.05, 4.69) is 4.98 Å². The number of rotatable bonds is 6. The quantitative estimate of drug-likeness (QED) is 0.338. The Kier molecular flexibility index (Phi) is 6.05. The zero-order valence-corrected chi connectivity index (χ0v) is 18.8. The van der Waals surface area contributed by atoms with E-state index in [1.807, 2.05) is 30.3 Å². The number of aromatic nitrogens is 1. The van der Waals surface area contributed by atoms with Crippen molar-refractivity contribution in [3.8, 4) is 11.5 Å². The van der Waals surface area contributed by atoms with Crippen molar-refractivity contribution in [2.45, 2.75) is 16.5 Å². The van der Waals surface area contributed by atoms with Gasteiger partial charge in [-0.05, 0) is 42.0 Å². The molecule has 0 atom stereocenters. The number of hydrogen-bond acceptors (Lipinski definition) is 5. The van der Waals surface area contributed by atoms with Crippen LogP contribution in [-0.2, 0) is 16.4 Å². The van der Waals surface area contributed by atoms with Gasteiger partial charge in [-0.25, -0.2) is 8.42 Å². The number of nitrogens with zero attached hydrogens (tertiary/aromatic N) is 2. The molecule has 3 aromatic carbocycles. The number of sulfone groups is 1. The van der Waals surface area contributed by atoms with E-state index in [1.165, 1.54) is 24.3 Å². The minimum Gasteiger partial charge on any atom is -0.419 e. The highest BCUT2D eigenvalue weighted by Crippen LogP contribution is 2.37. The lowest BCUT2D eigenvalue weighted by Gasteiger charge is -2.17. The maximum atomic E-state index is 13.4. The third kappa shape index (κ3) is 4.46. The zero-order chi connectivity index (χ0) is 22.0. The average molecular weight is 473 g/mol. The van der Waals surface area contributed by atoms with E-state index in [4.69, 9.17) is 27.6 Å².